The van der Waals surface area contributed by atoms with E-state index < -0.39 is 10.0 Å². The van der Waals surface area contributed by atoms with Gasteiger partial charge in [0.2, 0.25) is 15.9 Å². The fraction of sp³-hybridized carbons (Fsp3) is 0.154. The largest absolute Gasteiger partial charge is 0.326 e. The van der Waals surface area contributed by atoms with Crippen molar-refractivity contribution in [2.45, 2.75) is 18.6 Å². The van der Waals surface area contributed by atoms with Crippen molar-refractivity contribution < 1.29 is 13.2 Å². The minimum Gasteiger partial charge on any atom is -0.326 e. The topological polar surface area (TPSA) is 93.1 Å². The molecule has 4 rings (SSSR count). The van der Waals surface area contributed by atoms with E-state index in [4.69, 9.17) is 4.98 Å². The normalized spacial score (nSPS) is 11.4. The Bertz CT molecular complexity index is 1400. The second-order valence-corrected chi connectivity index (χ2v) is 9.64. The number of para-hydroxylation sites is 3. The van der Waals surface area contributed by atoms with Crippen molar-refractivity contribution >= 4 is 32.7 Å². The van der Waals surface area contributed by atoms with Crippen molar-refractivity contribution in [3.05, 3.63) is 103 Å². The molecule has 1 amide bonds. The average molecular weight is 475 g/mol. The Balaban J connectivity index is 1.42. The van der Waals surface area contributed by atoms with Crippen LogP contribution in [-0.4, -0.2) is 30.4 Å². The molecule has 0 aliphatic heterocycles. The van der Waals surface area contributed by atoms with Gasteiger partial charge in [-0.2, -0.15) is 0 Å². The van der Waals surface area contributed by atoms with E-state index in [-0.39, 0.29) is 24.6 Å². The molecule has 34 heavy (non-hydrogen) atoms. The van der Waals surface area contributed by atoms with E-state index in [1.807, 2.05) is 54.6 Å². The Morgan fingerprint density at radius 3 is 2.41 bits per heavy atom. The van der Waals surface area contributed by atoms with Crippen molar-refractivity contribution in [1.82, 2.24) is 14.3 Å². The van der Waals surface area contributed by atoms with Crippen molar-refractivity contribution in [3.8, 4) is 5.69 Å². The molecule has 0 bridgehead atoms. The number of aromatic nitrogens is 2. The molecule has 1 heterocycles. The highest BCUT2D eigenvalue weighted by molar-refractivity contribution is 7.88. The van der Waals surface area contributed by atoms with E-state index in [1.54, 1.807) is 24.3 Å². The lowest BCUT2D eigenvalue weighted by molar-refractivity contribution is -0.116. The first kappa shape index (κ1) is 23.4. The van der Waals surface area contributed by atoms with Gasteiger partial charge in [0.1, 0.15) is 5.82 Å². The van der Waals surface area contributed by atoms with E-state index in [2.05, 4.69) is 21.2 Å². The first-order chi connectivity index (χ1) is 16.4. The zero-order valence-corrected chi connectivity index (χ0v) is 19.5. The van der Waals surface area contributed by atoms with Gasteiger partial charge in [-0.05, 0) is 42.0 Å². The number of carbonyl (C=O) groups excluding carboxylic acids is 1. The van der Waals surface area contributed by atoms with Crippen LogP contribution in [0.5, 0.6) is 0 Å². The summed E-state index contributed by atoms with van der Waals surface area (Å²) in [5.74, 6) is 0.542. The number of hydrogen-bond donors (Lipinski definition) is 2. The number of anilines is 1. The summed E-state index contributed by atoms with van der Waals surface area (Å²) in [7, 11) is -3.43. The number of sulfonamides is 1. The molecule has 174 valence electrons. The highest BCUT2D eigenvalue weighted by Gasteiger charge is 2.14. The summed E-state index contributed by atoms with van der Waals surface area (Å²) in [5, 5.41) is 2.88. The lowest BCUT2D eigenvalue weighted by Crippen LogP contribution is -2.25. The molecule has 8 heteroatoms. The fourth-order valence-electron chi connectivity index (χ4n) is 3.70. The van der Waals surface area contributed by atoms with Crippen LogP contribution >= 0.6 is 0 Å². The molecule has 2 N–H and O–H groups in total. The number of amides is 1. The Morgan fingerprint density at radius 2 is 1.68 bits per heavy atom. The van der Waals surface area contributed by atoms with E-state index >= 15 is 0 Å². The van der Waals surface area contributed by atoms with Crippen LogP contribution in [0.1, 0.15) is 17.8 Å². The third-order valence-electron chi connectivity index (χ3n) is 5.26. The van der Waals surface area contributed by atoms with Crippen LogP contribution in [-0.2, 0) is 27.0 Å². The summed E-state index contributed by atoms with van der Waals surface area (Å²) < 4.78 is 28.5. The van der Waals surface area contributed by atoms with Gasteiger partial charge in [-0.15, -0.1) is 6.58 Å². The van der Waals surface area contributed by atoms with Crippen molar-refractivity contribution in [1.29, 1.82) is 0 Å². The van der Waals surface area contributed by atoms with Crippen LogP contribution in [0, 0.1) is 0 Å². The quantitative estimate of drug-likeness (QED) is 0.337. The van der Waals surface area contributed by atoms with Crippen LogP contribution in [0.4, 0.5) is 5.69 Å². The highest BCUT2D eigenvalue weighted by Crippen LogP contribution is 2.22. The van der Waals surface area contributed by atoms with Crippen LogP contribution in [0.3, 0.4) is 0 Å². The first-order valence-electron chi connectivity index (χ1n) is 10.9. The number of nitrogens with one attached hydrogen (secondary N) is 2. The lowest BCUT2D eigenvalue weighted by Gasteiger charge is -2.10. The van der Waals surface area contributed by atoms with Gasteiger partial charge in [-0.1, -0.05) is 48.5 Å². The van der Waals surface area contributed by atoms with Crippen molar-refractivity contribution in [3.63, 3.8) is 0 Å². The number of fused-ring (bicyclic) bond motifs is 1. The highest BCUT2D eigenvalue weighted by atomic mass is 32.2. The third-order valence-corrected chi connectivity index (χ3v) is 6.58. The molecule has 0 aliphatic carbocycles. The molecule has 0 aliphatic rings. The predicted octanol–water partition coefficient (Wildman–Crippen LogP) is 4.20. The van der Waals surface area contributed by atoms with Crippen molar-refractivity contribution in [2.75, 3.05) is 11.9 Å². The van der Waals surface area contributed by atoms with Gasteiger partial charge in [0, 0.05) is 30.8 Å². The number of rotatable bonds is 10. The number of hydrogen-bond acceptors (Lipinski definition) is 4. The van der Waals surface area contributed by atoms with Gasteiger partial charge < -0.3 is 5.32 Å². The number of nitrogens with zero attached hydrogens (tertiary/aromatic N) is 2. The molecular formula is C26H26N4O3S. The molecule has 1 aromatic heterocycles. The first-order valence-corrected chi connectivity index (χ1v) is 12.6. The molecule has 7 nitrogen and oxygen atoms in total. The third kappa shape index (κ3) is 5.78. The number of benzene rings is 3. The summed E-state index contributed by atoms with van der Waals surface area (Å²) in [6.45, 7) is 3.69. The van der Waals surface area contributed by atoms with Crippen LogP contribution in [0.2, 0.25) is 0 Å². The smallest absolute Gasteiger partial charge is 0.224 e. The standard InChI is InChI=1S/C26H26N4O3S/c1-2-18-27-34(32,33)19-20-12-14-21(15-13-20)28-26(31)17-16-25-29-23-10-6-7-11-24(23)30(25)22-8-4-3-5-9-22/h2-15,27H,1,16-19H2,(H,28,31). The Kier molecular flexibility index (Phi) is 7.20. The van der Waals surface area contributed by atoms with Gasteiger partial charge in [0.25, 0.3) is 0 Å². The summed E-state index contributed by atoms with van der Waals surface area (Å²) >= 11 is 0. The van der Waals surface area contributed by atoms with Gasteiger partial charge in [0.15, 0.2) is 0 Å². The summed E-state index contributed by atoms with van der Waals surface area (Å²) in [6.07, 6.45) is 2.23. The van der Waals surface area contributed by atoms with E-state index in [0.29, 0.717) is 17.7 Å². The Hall–Kier alpha value is -3.75. The Morgan fingerprint density at radius 1 is 0.971 bits per heavy atom. The predicted molar refractivity (Wildman–Crippen MR) is 135 cm³/mol. The lowest BCUT2D eigenvalue weighted by atomic mass is 10.2. The summed E-state index contributed by atoms with van der Waals surface area (Å²) in [5.41, 5.74) is 4.12. The van der Waals surface area contributed by atoms with Crippen LogP contribution in [0.25, 0.3) is 16.7 Å². The van der Waals surface area contributed by atoms with Crippen LogP contribution in [0.15, 0.2) is 91.5 Å². The van der Waals surface area contributed by atoms with E-state index in [1.165, 1.54) is 6.08 Å². The molecule has 0 unspecified atom stereocenters. The second kappa shape index (κ2) is 10.5. The maximum Gasteiger partial charge on any atom is 0.224 e. The second-order valence-electron chi connectivity index (χ2n) is 7.83. The zero-order valence-electron chi connectivity index (χ0n) is 18.6. The average Bonchev–Trinajstić information content (AvgIpc) is 3.21. The number of carbonyl (C=O) groups is 1. The monoisotopic (exact) mass is 474 g/mol. The number of imidazole rings is 1. The maximum absolute atomic E-state index is 12.6. The molecule has 0 saturated heterocycles. The summed E-state index contributed by atoms with van der Waals surface area (Å²) in [6, 6.07) is 24.7. The Labute approximate surface area is 199 Å². The maximum atomic E-state index is 12.6. The van der Waals surface area contributed by atoms with Gasteiger partial charge in [0.05, 0.1) is 16.8 Å². The zero-order chi connectivity index (χ0) is 24.0. The molecule has 0 radical (unpaired) electrons. The fourth-order valence-corrected chi connectivity index (χ4v) is 4.80. The minimum atomic E-state index is -3.43. The molecule has 0 fully saturated rings. The molecular weight excluding hydrogens is 448 g/mol. The molecule has 0 atom stereocenters. The summed E-state index contributed by atoms with van der Waals surface area (Å²) in [4.78, 5) is 17.4. The van der Waals surface area contributed by atoms with E-state index in [0.717, 1.165) is 22.5 Å². The van der Waals surface area contributed by atoms with Crippen LogP contribution < -0.4 is 10.0 Å². The number of aryl methyl sites for hydroxylation is 1. The molecule has 3 aromatic carbocycles. The molecule has 4 aromatic rings. The van der Waals surface area contributed by atoms with Gasteiger partial charge in [-0.3, -0.25) is 9.36 Å². The van der Waals surface area contributed by atoms with E-state index in [9.17, 15) is 13.2 Å². The molecule has 0 saturated carbocycles. The van der Waals surface area contributed by atoms with Gasteiger partial charge in [-0.25, -0.2) is 18.1 Å². The van der Waals surface area contributed by atoms with Gasteiger partial charge >= 0.3 is 0 Å². The SMILES string of the molecule is C=CCNS(=O)(=O)Cc1ccc(NC(=O)CCc2nc3ccccc3n2-c2ccccc2)cc1. The minimum absolute atomic E-state index is 0.134. The van der Waals surface area contributed by atoms with Crippen molar-refractivity contribution in [2.24, 2.45) is 0 Å². The molecule has 0 spiro atoms.